The average molecular weight is 454 g/mol. The fourth-order valence-corrected chi connectivity index (χ4v) is 5.27. The molecule has 170 valence electrons. The number of nitrogens with zero attached hydrogens (tertiary/aromatic N) is 2. The van der Waals surface area contributed by atoms with Crippen LogP contribution in [0.5, 0.6) is 0 Å². The van der Waals surface area contributed by atoms with Crippen LogP contribution in [0.15, 0.2) is 60.7 Å². The lowest BCUT2D eigenvalue weighted by Gasteiger charge is -2.39. The van der Waals surface area contributed by atoms with Crippen LogP contribution >= 0.6 is 11.8 Å². The molecule has 0 radical (unpaired) electrons. The van der Waals surface area contributed by atoms with Crippen LogP contribution in [0.4, 0.5) is 4.79 Å². The molecule has 2 fully saturated rings. The number of ether oxygens (including phenoxy) is 1. The highest BCUT2D eigenvalue weighted by Gasteiger charge is 2.38. The molecule has 2 saturated heterocycles. The monoisotopic (exact) mass is 453 g/mol. The number of carbonyl (C=O) groups excluding carboxylic acids is 2. The lowest BCUT2D eigenvalue weighted by atomic mass is 9.90. The van der Waals surface area contributed by atoms with Crippen molar-refractivity contribution >= 4 is 23.8 Å². The van der Waals surface area contributed by atoms with Crippen molar-refractivity contribution in [3.05, 3.63) is 71.8 Å². The van der Waals surface area contributed by atoms with E-state index in [-0.39, 0.29) is 24.5 Å². The largest absolute Gasteiger partial charge is 0.445 e. The summed E-state index contributed by atoms with van der Waals surface area (Å²) < 4.78 is 5.42. The van der Waals surface area contributed by atoms with E-state index in [1.165, 1.54) is 5.56 Å². The number of piperidine rings is 1. The highest BCUT2D eigenvalue weighted by molar-refractivity contribution is 7.99. The van der Waals surface area contributed by atoms with E-state index in [1.54, 1.807) is 11.8 Å². The van der Waals surface area contributed by atoms with Gasteiger partial charge in [0.1, 0.15) is 6.61 Å². The molecule has 2 unspecified atom stereocenters. The third-order valence-corrected chi connectivity index (χ3v) is 7.12. The van der Waals surface area contributed by atoms with Crippen molar-refractivity contribution in [2.24, 2.45) is 5.92 Å². The summed E-state index contributed by atoms with van der Waals surface area (Å²) in [5.41, 5.74) is 2.25. The van der Waals surface area contributed by atoms with E-state index in [0.717, 1.165) is 49.7 Å². The number of nitrogens with one attached hydrogen (secondary N) is 1. The quantitative estimate of drug-likeness (QED) is 0.697. The van der Waals surface area contributed by atoms with Crippen LogP contribution < -0.4 is 5.32 Å². The second kappa shape index (κ2) is 11.4. The van der Waals surface area contributed by atoms with Gasteiger partial charge in [-0.3, -0.25) is 4.79 Å². The Balaban J connectivity index is 1.35. The Labute approximate surface area is 194 Å². The van der Waals surface area contributed by atoms with Crippen LogP contribution in [0.25, 0.3) is 0 Å². The number of amides is 2. The number of benzene rings is 2. The maximum absolute atomic E-state index is 13.3. The number of alkyl carbamates (subject to hydrolysis) is 1. The standard InChI is InChI=1S/C25H31N3O3S/c29-24(28-15-16-32-19-28)22-17-27(13-11-20-7-3-1-4-8-20)14-12-23(22)26-25(30)31-18-21-9-5-2-6-10-21/h1-10,22-23H,11-19H2,(H,26,30). The van der Waals surface area contributed by atoms with Gasteiger partial charge in [-0.25, -0.2) is 4.79 Å². The van der Waals surface area contributed by atoms with Gasteiger partial charge in [-0.05, 0) is 24.0 Å². The van der Waals surface area contributed by atoms with Gasteiger partial charge in [0.2, 0.25) is 5.91 Å². The number of rotatable bonds is 7. The van der Waals surface area contributed by atoms with Crippen LogP contribution in [0, 0.1) is 5.92 Å². The van der Waals surface area contributed by atoms with Crippen molar-refractivity contribution in [2.45, 2.75) is 25.5 Å². The Hall–Kier alpha value is -2.51. The Bertz CT molecular complexity index is 875. The predicted octanol–water partition coefficient (Wildman–Crippen LogP) is 3.38. The zero-order chi connectivity index (χ0) is 22.2. The lowest BCUT2D eigenvalue weighted by Crippen LogP contribution is -2.56. The summed E-state index contributed by atoms with van der Waals surface area (Å²) in [7, 11) is 0. The second-order valence-electron chi connectivity index (χ2n) is 8.38. The van der Waals surface area contributed by atoms with Crippen LogP contribution in [0.3, 0.4) is 0 Å². The normalized spacial score (nSPS) is 21.3. The number of thioether (sulfide) groups is 1. The SMILES string of the molecule is O=C(NC1CCN(CCc2ccccc2)CC1C(=O)N1CCSC1)OCc1ccccc1. The highest BCUT2D eigenvalue weighted by atomic mass is 32.2. The van der Waals surface area contributed by atoms with Crippen molar-refractivity contribution < 1.29 is 14.3 Å². The van der Waals surface area contributed by atoms with E-state index >= 15 is 0 Å². The van der Waals surface area contributed by atoms with Crippen LogP contribution in [-0.2, 0) is 22.6 Å². The molecule has 2 aromatic carbocycles. The fraction of sp³-hybridized carbons (Fsp3) is 0.440. The summed E-state index contributed by atoms with van der Waals surface area (Å²) in [5, 5.41) is 3.00. The Morgan fingerprint density at radius 1 is 1.00 bits per heavy atom. The van der Waals surface area contributed by atoms with Gasteiger partial charge >= 0.3 is 6.09 Å². The first-order valence-electron chi connectivity index (χ1n) is 11.3. The van der Waals surface area contributed by atoms with Gasteiger partial charge in [-0.15, -0.1) is 11.8 Å². The van der Waals surface area contributed by atoms with E-state index in [0.29, 0.717) is 6.54 Å². The number of hydrogen-bond donors (Lipinski definition) is 1. The van der Waals surface area contributed by atoms with Crippen LogP contribution in [0.1, 0.15) is 17.5 Å². The van der Waals surface area contributed by atoms with Gasteiger partial charge in [-0.2, -0.15) is 0 Å². The molecule has 0 aliphatic carbocycles. The summed E-state index contributed by atoms with van der Waals surface area (Å²) in [5.74, 6) is 1.62. The molecule has 2 atom stereocenters. The maximum atomic E-state index is 13.3. The van der Waals surface area contributed by atoms with Gasteiger partial charge in [0.25, 0.3) is 0 Å². The van der Waals surface area contributed by atoms with Crippen molar-refractivity contribution in [2.75, 3.05) is 37.8 Å². The molecule has 0 saturated carbocycles. The molecule has 6 nitrogen and oxygen atoms in total. The van der Waals surface area contributed by atoms with Gasteiger partial charge in [0, 0.05) is 38.0 Å². The summed E-state index contributed by atoms with van der Waals surface area (Å²) in [6.07, 6.45) is 1.25. The number of carbonyl (C=O) groups is 2. The molecule has 0 spiro atoms. The smallest absolute Gasteiger partial charge is 0.407 e. The molecular weight excluding hydrogens is 422 g/mol. The van der Waals surface area contributed by atoms with Crippen LogP contribution in [0.2, 0.25) is 0 Å². The third-order valence-electron chi connectivity index (χ3n) is 6.15. The highest BCUT2D eigenvalue weighted by Crippen LogP contribution is 2.24. The molecular formula is C25H31N3O3S. The van der Waals surface area contributed by atoms with Crippen molar-refractivity contribution in [1.82, 2.24) is 15.1 Å². The Kier molecular flexibility index (Phi) is 8.07. The van der Waals surface area contributed by atoms with E-state index in [1.807, 2.05) is 41.3 Å². The predicted molar refractivity (Wildman–Crippen MR) is 127 cm³/mol. The summed E-state index contributed by atoms with van der Waals surface area (Å²) in [4.78, 5) is 30.1. The molecule has 32 heavy (non-hydrogen) atoms. The molecule has 2 aliphatic heterocycles. The first kappa shape index (κ1) is 22.7. The van der Waals surface area contributed by atoms with Crippen LogP contribution in [-0.4, -0.2) is 65.7 Å². The minimum atomic E-state index is -0.454. The molecule has 4 rings (SSSR count). The van der Waals surface area contributed by atoms with E-state index in [9.17, 15) is 9.59 Å². The molecule has 2 amide bonds. The molecule has 0 bridgehead atoms. The minimum absolute atomic E-state index is 0.146. The number of likely N-dealkylation sites (tertiary alicyclic amines) is 1. The first-order valence-corrected chi connectivity index (χ1v) is 12.4. The summed E-state index contributed by atoms with van der Waals surface area (Å²) in [6, 6.07) is 19.9. The fourth-order valence-electron chi connectivity index (χ4n) is 4.32. The summed E-state index contributed by atoms with van der Waals surface area (Å²) in [6.45, 7) is 3.44. The van der Waals surface area contributed by atoms with E-state index < -0.39 is 6.09 Å². The van der Waals surface area contributed by atoms with Crippen molar-refractivity contribution in [3.8, 4) is 0 Å². The zero-order valence-corrected chi connectivity index (χ0v) is 19.1. The number of hydrogen-bond acceptors (Lipinski definition) is 5. The second-order valence-corrected chi connectivity index (χ2v) is 9.46. The van der Waals surface area contributed by atoms with Gasteiger partial charge in [0.15, 0.2) is 0 Å². The summed E-state index contributed by atoms with van der Waals surface area (Å²) >= 11 is 1.78. The average Bonchev–Trinajstić information content (AvgIpc) is 3.38. The topological polar surface area (TPSA) is 61.9 Å². The van der Waals surface area contributed by atoms with E-state index in [2.05, 4.69) is 34.5 Å². The Morgan fingerprint density at radius 2 is 1.72 bits per heavy atom. The minimum Gasteiger partial charge on any atom is -0.445 e. The van der Waals surface area contributed by atoms with Crippen molar-refractivity contribution in [1.29, 1.82) is 0 Å². The first-order chi connectivity index (χ1) is 15.7. The molecule has 2 heterocycles. The third kappa shape index (κ3) is 6.26. The molecule has 2 aliphatic rings. The molecule has 7 heteroatoms. The Morgan fingerprint density at radius 3 is 2.41 bits per heavy atom. The lowest BCUT2D eigenvalue weighted by molar-refractivity contribution is -0.136. The van der Waals surface area contributed by atoms with Crippen molar-refractivity contribution in [3.63, 3.8) is 0 Å². The van der Waals surface area contributed by atoms with Gasteiger partial charge in [0.05, 0.1) is 11.8 Å². The molecule has 0 aromatic heterocycles. The maximum Gasteiger partial charge on any atom is 0.407 e. The molecule has 2 aromatic rings. The van der Waals surface area contributed by atoms with Gasteiger partial charge < -0.3 is 19.9 Å². The van der Waals surface area contributed by atoms with E-state index in [4.69, 9.17) is 4.74 Å². The molecule has 1 N–H and O–H groups in total. The zero-order valence-electron chi connectivity index (χ0n) is 18.3. The van der Waals surface area contributed by atoms with Gasteiger partial charge in [-0.1, -0.05) is 60.7 Å².